The molecule has 2 aliphatic rings. The lowest BCUT2D eigenvalue weighted by atomic mass is 9.73. The highest BCUT2D eigenvalue weighted by atomic mass is 16.2. The fraction of sp³-hybridized carbons (Fsp3) is 0.476. The van der Waals surface area contributed by atoms with Crippen molar-refractivity contribution in [1.29, 1.82) is 0 Å². The Labute approximate surface area is 159 Å². The van der Waals surface area contributed by atoms with Gasteiger partial charge in [0.2, 0.25) is 11.8 Å². The van der Waals surface area contributed by atoms with Crippen molar-refractivity contribution in [3.8, 4) is 0 Å². The molecule has 1 aromatic heterocycles. The second-order valence-corrected chi connectivity index (χ2v) is 7.48. The Balaban J connectivity index is 1.42. The highest BCUT2D eigenvalue weighted by molar-refractivity contribution is 6.07. The summed E-state index contributed by atoms with van der Waals surface area (Å²) in [5.74, 6) is 1.34. The molecule has 1 saturated heterocycles. The number of benzene rings is 1. The third-order valence-corrected chi connectivity index (χ3v) is 6.15. The molecule has 3 heterocycles. The monoisotopic (exact) mass is 366 g/mol. The van der Waals surface area contributed by atoms with Crippen molar-refractivity contribution >= 4 is 17.5 Å². The SMILES string of the molecule is CCc1nccn1CCC(=O)N1CCC2(CC1)C(=O)N(C)c1ccccc12. The second kappa shape index (κ2) is 6.83. The minimum atomic E-state index is -0.456. The number of hydrogen-bond acceptors (Lipinski definition) is 3. The number of imidazole rings is 1. The summed E-state index contributed by atoms with van der Waals surface area (Å²) in [6.45, 7) is 4.00. The van der Waals surface area contributed by atoms with Gasteiger partial charge in [-0.2, -0.15) is 0 Å². The van der Waals surface area contributed by atoms with E-state index in [9.17, 15) is 9.59 Å². The Bertz CT molecular complexity index is 865. The summed E-state index contributed by atoms with van der Waals surface area (Å²) in [6, 6.07) is 8.05. The number of rotatable bonds is 4. The molecule has 0 atom stereocenters. The number of piperidine rings is 1. The largest absolute Gasteiger partial charge is 0.343 e. The van der Waals surface area contributed by atoms with Gasteiger partial charge in [-0.1, -0.05) is 25.1 Å². The van der Waals surface area contributed by atoms with E-state index in [1.807, 2.05) is 36.3 Å². The van der Waals surface area contributed by atoms with Gasteiger partial charge in [-0.15, -0.1) is 0 Å². The number of aryl methyl sites for hydroxylation is 2. The van der Waals surface area contributed by atoms with E-state index in [1.54, 1.807) is 11.1 Å². The number of para-hydroxylation sites is 1. The highest BCUT2D eigenvalue weighted by Crippen LogP contribution is 2.47. The molecule has 0 unspecified atom stereocenters. The van der Waals surface area contributed by atoms with E-state index in [-0.39, 0.29) is 11.8 Å². The van der Waals surface area contributed by atoms with E-state index in [1.165, 1.54) is 0 Å². The van der Waals surface area contributed by atoms with Crippen LogP contribution in [0, 0.1) is 0 Å². The molecular formula is C21H26N4O2. The van der Waals surface area contributed by atoms with E-state index in [2.05, 4.69) is 22.5 Å². The Morgan fingerprint density at radius 2 is 1.96 bits per heavy atom. The lowest BCUT2D eigenvalue weighted by molar-refractivity contribution is -0.135. The van der Waals surface area contributed by atoms with Crippen molar-refractivity contribution in [1.82, 2.24) is 14.5 Å². The minimum absolute atomic E-state index is 0.160. The van der Waals surface area contributed by atoms with E-state index >= 15 is 0 Å². The van der Waals surface area contributed by atoms with E-state index < -0.39 is 5.41 Å². The summed E-state index contributed by atoms with van der Waals surface area (Å²) in [5, 5.41) is 0. The topological polar surface area (TPSA) is 58.4 Å². The standard InChI is InChI=1S/C21H26N4O2/c1-3-18-22-11-15-24(18)12-8-19(26)25-13-9-21(10-14-25)16-6-4-5-7-17(16)23(2)20(21)27/h4-7,11,15H,3,8-10,12-14H2,1-2H3. The smallest absolute Gasteiger partial charge is 0.237 e. The Kier molecular flexibility index (Phi) is 4.50. The third kappa shape index (κ3) is 2.83. The number of likely N-dealkylation sites (N-methyl/N-ethyl adjacent to an activating group) is 1. The zero-order valence-corrected chi connectivity index (χ0v) is 16.0. The molecule has 0 radical (unpaired) electrons. The lowest BCUT2D eigenvalue weighted by Crippen LogP contribution is -2.49. The normalized spacial score (nSPS) is 18.2. The molecule has 0 bridgehead atoms. The van der Waals surface area contributed by atoms with Crippen LogP contribution >= 0.6 is 0 Å². The number of hydrogen-bond donors (Lipinski definition) is 0. The highest BCUT2D eigenvalue weighted by Gasteiger charge is 2.51. The first-order valence-electron chi connectivity index (χ1n) is 9.72. The van der Waals surface area contributed by atoms with E-state index in [0.29, 0.717) is 38.9 Å². The van der Waals surface area contributed by atoms with Gasteiger partial charge in [-0.3, -0.25) is 9.59 Å². The zero-order valence-electron chi connectivity index (χ0n) is 16.0. The molecule has 6 nitrogen and oxygen atoms in total. The quantitative estimate of drug-likeness (QED) is 0.835. The van der Waals surface area contributed by atoms with Crippen LogP contribution in [-0.2, 0) is 28.0 Å². The summed E-state index contributed by atoms with van der Waals surface area (Å²) in [6.07, 6.45) is 6.45. The van der Waals surface area contributed by atoms with Crippen LogP contribution in [0.3, 0.4) is 0 Å². The van der Waals surface area contributed by atoms with Gasteiger partial charge in [0.05, 0.1) is 5.41 Å². The van der Waals surface area contributed by atoms with Crippen LogP contribution in [0.25, 0.3) is 0 Å². The van der Waals surface area contributed by atoms with Crippen LogP contribution in [-0.4, -0.2) is 46.4 Å². The third-order valence-electron chi connectivity index (χ3n) is 6.15. The number of nitrogens with zero attached hydrogens (tertiary/aromatic N) is 4. The molecular weight excluding hydrogens is 340 g/mol. The van der Waals surface area contributed by atoms with Gasteiger partial charge in [0.1, 0.15) is 5.82 Å². The summed E-state index contributed by atoms with van der Waals surface area (Å²) in [5.41, 5.74) is 1.67. The molecule has 0 N–H and O–H groups in total. The fourth-order valence-electron chi connectivity index (χ4n) is 4.57. The van der Waals surface area contributed by atoms with Crippen molar-refractivity contribution in [3.05, 3.63) is 48.0 Å². The number of fused-ring (bicyclic) bond motifs is 2. The van der Waals surface area contributed by atoms with Gasteiger partial charge >= 0.3 is 0 Å². The molecule has 2 aliphatic heterocycles. The van der Waals surface area contributed by atoms with Gasteiger partial charge in [0, 0.05) is 57.6 Å². The summed E-state index contributed by atoms with van der Waals surface area (Å²) in [7, 11) is 1.85. The van der Waals surface area contributed by atoms with Gasteiger partial charge in [0.15, 0.2) is 0 Å². The molecule has 142 valence electrons. The van der Waals surface area contributed by atoms with E-state index in [4.69, 9.17) is 0 Å². The predicted octanol–water partition coefficient (Wildman–Crippen LogP) is 2.37. The van der Waals surface area contributed by atoms with E-state index in [0.717, 1.165) is 23.5 Å². The molecule has 4 rings (SSSR count). The van der Waals surface area contributed by atoms with Gasteiger partial charge < -0.3 is 14.4 Å². The van der Waals surface area contributed by atoms with Crippen LogP contribution in [0.4, 0.5) is 5.69 Å². The Hall–Kier alpha value is -2.63. The maximum Gasteiger partial charge on any atom is 0.237 e. The maximum atomic E-state index is 13.0. The van der Waals surface area contributed by atoms with Gasteiger partial charge in [-0.05, 0) is 24.5 Å². The minimum Gasteiger partial charge on any atom is -0.343 e. The number of likely N-dealkylation sites (tertiary alicyclic amines) is 1. The average Bonchev–Trinajstić information content (AvgIpc) is 3.25. The molecule has 6 heteroatoms. The van der Waals surface area contributed by atoms with Crippen LogP contribution < -0.4 is 4.90 Å². The van der Waals surface area contributed by atoms with Gasteiger partial charge in [-0.25, -0.2) is 4.98 Å². The van der Waals surface area contributed by atoms with Crippen molar-refractivity contribution < 1.29 is 9.59 Å². The molecule has 0 saturated carbocycles. The number of carbonyl (C=O) groups is 2. The molecule has 1 spiro atoms. The van der Waals surface area contributed by atoms with Crippen LogP contribution in [0.15, 0.2) is 36.7 Å². The molecule has 2 amide bonds. The molecule has 1 fully saturated rings. The second-order valence-electron chi connectivity index (χ2n) is 7.48. The molecule has 1 aromatic carbocycles. The number of carbonyl (C=O) groups excluding carboxylic acids is 2. The first-order valence-corrected chi connectivity index (χ1v) is 9.72. The summed E-state index contributed by atoms with van der Waals surface area (Å²) < 4.78 is 2.05. The number of aromatic nitrogens is 2. The summed E-state index contributed by atoms with van der Waals surface area (Å²) >= 11 is 0. The first kappa shape index (κ1) is 17.8. The lowest BCUT2D eigenvalue weighted by Gasteiger charge is -2.38. The zero-order chi connectivity index (χ0) is 19.0. The number of amides is 2. The average molecular weight is 366 g/mol. The van der Waals surface area contributed by atoms with Crippen molar-refractivity contribution in [2.24, 2.45) is 0 Å². The first-order chi connectivity index (χ1) is 13.1. The fourth-order valence-corrected chi connectivity index (χ4v) is 4.57. The van der Waals surface area contributed by atoms with Crippen molar-refractivity contribution in [3.63, 3.8) is 0 Å². The summed E-state index contributed by atoms with van der Waals surface area (Å²) in [4.78, 5) is 33.7. The maximum absolute atomic E-state index is 13.0. The molecule has 27 heavy (non-hydrogen) atoms. The predicted molar refractivity (Wildman–Crippen MR) is 104 cm³/mol. The van der Waals surface area contributed by atoms with Crippen LogP contribution in [0.5, 0.6) is 0 Å². The van der Waals surface area contributed by atoms with Crippen LogP contribution in [0.1, 0.15) is 37.6 Å². The van der Waals surface area contributed by atoms with Crippen LogP contribution in [0.2, 0.25) is 0 Å². The van der Waals surface area contributed by atoms with Crippen molar-refractivity contribution in [2.75, 3.05) is 25.0 Å². The van der Waals surface area contributed by atoms with Crippen molar-refractivity contribution in [2.45, 2.75) is 44.6 Å². The Morgan fingerprint density at radius 1 is 1.22 bits per heavy atom. The molecule has 2 aromatic rings. The number of anilines is 1. The molecule has 0 aliphatic carbocycles. The Morgan fingerprint density at radius 3 is 2.70 bits per heavy atom. The van der Waals surface area contributed by atoms with Gasteiger partial charge in [0.25, 0.3) is 0 Å².